The summed E-state index contributed by atoms with van der Waals surface area (Å²) in [7, 11) is 1.92. The van der Waals surface area contributed by atoms with Gasteiger partial charge in [0.15, 0.2) is 0 Å². The summed E-state index contributed by atoms with van der Waals surface area (Å²) in [6, 6.07) is 8.04. The van der Waals surface area contributed by atoms with Gasteiger partial charge in [0.1, 0.15) is 0 Å². The summed E-state index contributed by atoms with van der Waals surface area (Å²) in [6.07, 6.45) is 6.18. The van der Waals surface area contributed by atoms with Gasteiger partial charge in [-0.15, -0.1) is 12.4 Å². The topological polar surface area (TPSA) is 52.7 Å². The molecule has 136 valence electrons. The number of carbonyl (C=O) groups is 2. The molecule has 2 heterocycles. The van der Waals surface area contributed by atoms with E-state index in [4.69, 9.17) is 0 Å². The highest BCUT2D eigenvalue weighted by Gasteiger charge is 2.33. The Hall–Kier alpha value is -1.85. The second-order valence-electron chi connectivity index (χ2n) is 6.53. The van der Waals surface area contributed by atoms with Crippen molar-refractivity contribution in [2.45, 2.75) is 38.3 Å². The van der Waals surface area contributed by atoms with Gasteiger partial charge < -0.3 is 15.1 Å². The Labute approximate surface area is 155 Å². The van der Waals surface area contributed by atoms with Crippen molar-refractivity contribution in [3.05, 3.63) is 41.6 Å². The zero-order chi connectivity index (χ0) is 17.1. The molecule has 0 spiro atoms. The standard InChI is InChI=1S/C19H25N3O2.ClH/c1-14(23)21-11-9-15-6-3-4-8-17(15)18(21)12-19(24)22-10-5-7-16(22)13-20-2;/h3-4,6,8-9,11,16,18,20H,5,7,10,12-13H2,1-2H3;1H. The second kappa shape index (κ2) is 8.50. The lowest BCUT2D eigenvalue weighted by molar-refractivity contribution is -0.135. The van der Waals surface area contributed by atoms with E-state index >= 15 is 0 Å². The van der Waals surface area contributed by atoms with Crippen LogP contribution >= 0.6 is 12.4 Å². The van der Waals surface area contributed by atoms with Crippen LogP contribution in [0.3, 0.4) is 0 Å². The van der Waals surface area contributed by atoms with Gasteiger partial charge in [-0.3, -0.25) is 9.59 Å². The third-order valence-corrected chi connectivity index (χ3v) is 4.97. The minimum Gasteiger partial charge on any atom is -0.338 e. The van der Waals surface area contributed by atoms with E-state index < -0.39 is 0 Å². The van der Waals surface area contributed by atoms with E-state index in [9.17, 15) is 9.59 Å². The molecule has 2 aliphatic rings. The molecule has 25 heavy (non-hydrogen) atoms. The number of rotatable bonds is 4. The Morgan fingerprint density at radius 3 is 2.76 bits per heavy atom. The number of hydrogen-bond donors (Lipinski definition) is 1. The molecule has 1 aromatic carbocycles. The Morgan fingerprint density at radius 1 is 1.28 bits per heavy atom. The van der Waals surface area contributed by atoms with Crippen LogP contribution in [0.15, 0.2) is 30.5 Å². The molecule has 0 bridgehead atoms. The first-order valence-corrected chi connectivity index (χ1v) is 8.62. The molecule has 1 fully saturated rings. The summed E-state index contributed by atoms with van der Waals surface area (Å²) >= 11 is 0. The number of nitrogens with zero attached hydrogens (tertiary/aromatic N) is 2. The minimum absolute atomic E-state index is 0. The summed E-state index contributed by atoms with van der Waals surface area (Å²) in [5.74, 6) is 0.0980. The lowest BCUT2D eigenvalue weighted by atomic mass is 9.93. The highest BCUT2D eigenvalue weighted by atomic mass is 35.5. The fourth-order valence-electron chi connectivity index (χ4n) is 3.81. The molecule has 2 amide bonds. The van der Waals surface area contributed by atoms with Gasteiger partial charge in [-0.25, -0.2) is 0 Å². The van der Waals surface area contributed by atoms with E-state index in [1.807, 2.05) is 42.3 Å². The predicted molar refractivity (Wildman–Crippen MR) is 101 cm³/mol. The lowest BCUT2D eigenvalue weighted by Crippen LogP contribution is -2.43. The molecule has 2 aliphatic heterocycles. The van der Waals surface area contributed by atoms with Crippen molar-refractivity contribution in [3.8, 4) is 0 Å². The summed E-state index contributed by atoms with van der Waals surface area (Å²) in [5, 5.41) is 3.17. The fourth-order valence-corrected chi connectivity index (χ4v) is 3.81. The van der Waals surface area contributed by atoms with Gasteiger partial charge in [0.05, 0.1) is 12.5 Å². The highest BCUT2D eigenvalue weighted by Crippen LogP contribution is 2.34. The molecule has 2 unspecified atom stereocenters. The summed E-state index contributed by atoms with van der Waals surface area (Å²) < 4.78 is 0. The SMILES string of the molecule is CNCC1CCCN1C(=O)CC1c2ccccc2C=CN1C(C)=O.Cl. The van der Waals surface area contributed by atoms with Crippen LogP contribution in [0.2, 0.25) is 0 Å². The van der Waals surface area contributed by atoms with Gasteiger partial charge in [-0.05, 0) is 37.1 Å². The van der Waals surface area contributed by atoms with E-state index in [0.29, 0.717) is 6.42 Å². The predicted octanol–water partition coefficient (Wildman–Crippen LogP) is 2.58. The van der Waals surface area contributed by atoms with Gasteiger partial charge in [-0.1, -0.05) is 24.3 Å². The molecule has 1 N–H and O–H groups in total. The largest absolute Gasteiger partial charge is 0.338 e. The number of nitrogens with one attached hydrogen (secondary N) is 1. The molecule has 1 aromatic rings. The number of likely N-dealkylation sites (N-methyl/N-ethyl adjacent to an activating group) is 1. The summed E-state index contributed by atoms with van der Waals surface area (Å²) in [4.78, 5) is 28.6. The summed E-state index contributed by atoms with van der Waals surface area (Å²) in [5.41, 5.74) is 2.13. The van der Waals surface area contributed by atoms with Crippen molar-refractivity contribution in [2.24, 2.45) is 0 Å². The van der Waals surface area contributed by atoms with Crippen LogP contribution in [-0.2, 0) is 9.59 Å². The molecule has 5 nitrogen and oxygen atoms in total. The first kappa shape index (κ1) is 19.5. The van der Waals surface area contributed by atoms with Gasteiger partial charge in [-0.2, -0.15) is 0 Å². The molecular formula is C19H26ClN3O2. The minimum atomic E-state index is -0.216. The van der Waals surface area contributed by atoms with Gasteiger partial charge in [0, 0.05) is 32.3 Å². The van der Waals surface area contributed by atoms with Gasteiger partial charge >= 0.3 is 0 Å². The van der Waals surface area contributed by atoms with E-state index in [-0.39, 0.29) is 36.3 Å². The van der Waals surface area contributed by atoms with Crippen LogP contribution in [0.1, 0.15) is 43.4 Å². The Balaban J connectivity index is 0.00000225. The average Bonchev–Trinajstić information content (AvgIpc) is 3.03. The molecule has 0 aliphatic carbocycles. The van der Waals surface area contributed by atoms with E-state index in [1.165, 1.54) is 0 Å². The molecule has 2 atom stereocenters. The molecular weight excluding hydrogens is 338 g/mol. The number of carbonyl (C=O) groups excluding carboxylic acids is 2. The maximum absolute atomic E-state index is 12.9. The van der Waals surface area contributed by atoms with Crippen molar-refractivity contribution in [1.29, 1.82) is 0 Å². The quantitative estimate of drug-likeness (QED) is 0.894. The Morgan fingerprint density at radius 2 is 2.04 bits per heavy atom. The second-order valence-corrected chi connectivity index (χ2v) is 6.53. The number of halogens is 1. The Kier molecular flexibility index (Phi) is 6.62. The van der Waals surface area contributed by atoms with E-state index in [1.54, 1.807) is 18.0 Å². The monoisotopic (exact) mass is 363 g/mol. The number of hydrogen-bond acceptors (Lipinski definition) is 3. The van der Waals surface area contributed by atoms with Gasteiger partial charge in [0.2, 0.25) is 11.8 Å². The highest BCUT2D eigenvalue weighted by molar-refractivity contribution is 5.85. The number of amides is 2. The van der Waals surface area contributed by atoms with E-state index in [2.05, 4.69) is 5.32 Å². The fraction of sp³-hybridized carbons (Fsp3) is 0.474. The number of benzene rings is 1. The van der Waals surface area contributed by atoms with Crippen LogP contribution < -0.4 is 5.32 Å². The first-order chi connectivity index (χ1) is 11.6. The molecule has 3 rings (SSSR count). The maximum atomic E-state index is 12.9. The number of likely N-dealkylation sites (tertiary alicyclic amines) is 1. The Bertz CT molecular complexity index is 662. The lowest BCUT2D eigenvalue weighted by Gasteiger charge is -2.34. The van der Waals surface area contributed by atoms with Crippen molar-refractivity contribution in [1.82, 2.24) is 15.1 Å². The summed E-state index contributed by atoms with van der Waals surface area (Å²) in [6.45, 7) is 3.19. The first-order valence-electron chi connectivity index (χ1n) is 8.62. The molecule has 6 heteroatoms. The van der Waals surface area contributed by atoms with Crippen LogP contribution in [-0.4, -0.2) is 47.8 Å². The molecule has 0 saturated carbocycles. The van der Waals surface area contributed by atoms with Crippen molar-refractivity contribution >= 4 is 30.3 Å². The van der Waals surface area contributed by atoms with E-state index in [0.717, 1.165) is 37.1 Å². The van der Waals surface area contributed by atoms with Crippen LogP contribution in [0.5, 0.6) is 0 Å². The normalized spacial score (nSPS) is 21.7. The number of fused-ring (bicyclic) bond motifs is 1. The zero-order valence-electron chi connectivity index (χ0n) is 14.8. The van der Waals surface area contributed by atoms with Crippen LogP contribution in [0.25, 0.3) is 6.08 Å². The third-order valence-electron chi connectivity index (χ3n) is 4.97. The molecule has 0 radical (unpaired) electrons. The van der Waals surface area contributed by atoms with Crippen LogP contribution in [0, 0.1) is 0 Å². The maximum Gasteiger partial charge on any atom is 0.225 e. The average molecular weight is 364 g/mol. The zero-order valence-corrected chi connectivity index (χ0v) is 15.6. The van der Waals surface area contributed by atoms with Crippen molar-refractivity contribution in [2.75, 3.05) is 20.1 Å². The molecule has 0 aromatic heterocycles. The van der Waals surface area contributed by atoms with Crippen molar-refractivity contribution in [3.63, 3.8) is 0 Å². The van der Waals surface area contributed by atoms with Crippen molar-refractivity contribution < 1.29 is 9.59 Å². The molecule has 1 saturated heterocycles. The third kappa shape index (κ3) is 4.05. The smallest absolute Gasteiger partial charge is 0.225 e. The van der Waals surface area contributed by atoms with Crippen LogP contribution in [0.4, 0.5) is 0 Å². The van der Waals surface area contributed by atoms with Gasteiger partial charge in [0.25, 0.3) is 0 Å².